The quantitative estimate of drug-likeness (QED) is 0.319. The van der Waals surface area contributed by atoms with Gasteiger partial charge in [0.25, 0.3) is 0 Å². The third-order valence-electron chi connectivity index (χ3n) is 0. The van der Waals surface area contributed by atoms with Crippen LogP contribution in [0.2, 0.25) is 0 Å². The fourth-order valence-corrected chi connectivity index (χ4v) is 0. The van der Waals surface area contributed by atoms with Crippen molar-refractivity contribution in [2.45, 2.75) is 0 Å². The van der Waals surface area contributed by atoms with Crippen LogP contribution in [0.15, 0.2) is 0 Å². The average Bonchev–Trinajstić information content (AvgIpc) is 1.25. The molecule has 0 aliphatic heterocycles. The standard InChI is InChI=1S/2NO3.2Sr.2H/c2*2-1(3)4;;;;/q2*-1;2*+2;2*-1. The molecule has 0 aliphatic carbocycles. The second-order valence-electron chi connectivity index (χ2n) is 0.447. The first-order valence-electron chi connectivity index (χ1n) is 1.10. The summed E-state index contributed by atoms with van der Waals surface area (Å²) in [5, 5.41) is 29.5. The summed E-state index contributed by atoms with van der Waals surface area (Å²) < 4.78 is 0. The molecule has 0 saturated carbocycles. The topological polar surface area (TPSA) is 132 Å². The molecule has 10 heavy (non-hydrogen) atoms. The molecule has 10 heteroatoms. The molecule has 0 spiro atoms. The molecule has 0 aromatic carbocycles. The molecule has 0 amide bonds. The molecule has 0 unspecified atom stereocenters. The van der Waals surface area contributed by atoms with Gasteiger partial charge in [-0.05, 0) is 0 Å². The van der Waals surface area contributed by atoms with Crippen molar-refractivity contribution in [2.75, 3.05) is 0 Å². The predicted molar refractivity (Wildman–Crippen MR) is 34.5 cm³/mol. The van der Waals surface area contributed by atoms with Gasteiger partial charge in [0.15, 0.2) is 0 Å². The maximum atomic E-state index is 8.25. The van der Waals surface area contributed by atoms with Crippen molar-refractivity contribution < 1.29 is 13.0 Å². The van der Waals surface area contributed by atoms with Crippen LogP contribution in [0.1, 0.15) is 2.85 Å². The summed E-state index contributed by atoms with van der Waals surface area (Å²) in [6.45, 7) is 0. The Bertz CT molecular complexity index is 79.5. The Morgan fingerprint density at radius 3 is 0.800 bits per heavy atom. The summed E-state index contributed by atoms with van der Waals surface area (Å²) in [6.07, 6.45) is 0. The first-order valence-corrected chi connectivity index (χ1v) is 1.10. The summed E-state index contributed by atoms with van der Waals surface area (Å²) >= 11 is 0. The van der Waals surface area contributed by atoms with Gasteiger partial charge in [-0.15, -0.1) is 0 Å². The number of nitrogens with zero attached hydrogens (tertiary/aromatic N) is 2. The van der Waals surface area contributed by atoms with Gasteiger partial charge in [0, 0.05) is 0 Å². The number of rotatable bonds is 0. The maximum Gasteiger partial charge on any atom is 2.00 e. The van der Waals surface area contributed by atoms with Gasteiger partial charge in [-0.25, -0.2) is 0 Å². The van der Waals surface area contributed by atoms with E-state index in [0.717, 1.165) is 0 Å². The van der Waals surface area contributed by atoms with Crippen molar-refractivity contribution in [1.29, 1.82) is 0 Å². The van der Waals surface area contributed by atoms with Crippen LogP contribution in [0.25, 0.3) is 0 Å². The SMILES string of the molecule is O=[N+]([O-])[O-].O=[N+]([O-])[O-].[H-].[H-].[Sr+2].[Sr+2]. The first-order chi connectivity index (χ1) is 3.46. The summed E-state index contributed by atoms with van der Waals surface area (Å²) in [4.78, 5) is 16.5. The van der Waals surface area contributed by atoms with Crippen molar-refractivity contribution in [1.82, 2.24) is 0 Å². The number of hydrogen-bond acceptors (Lipinski definition) is 6. The van der Waals surface area contributed by atoms with E-state index in [1.807, 2.05) is 0 Å². The molecule has 0 radical (unpaired) electrons. The van der Waals surface area contributed by atoms with E-state index in [0.29, 0.717) is 0 Å². The van der Waals surface area contributed by atoms with Crippen LogP contribution in [-0.2, 0) is 0 Å². The molecule has 8 nitrogen and oxygen atoms in total. The van der Waals surface area contributed by atoms with E-state index in [9.17, 15) is 0 Å². The van der Waals surface area contributed by atoms with Crippen LogP contribution in [0.3, 0.4) is 0 Å². The van der Waals surface area contributed by atoms with Gasteiger partial charge in [-0.3, -0.25) is 0 Å². The van der Waals surface area contributed by atoms with Gasteiger partial charge in [0.05, 0.1) is 10.2 Å². The smallest absolute Gasteiger partial charge is 1.00 e. The zero-order chi connectivity index (χ0) is 7.15. The Morgan fingerprint density at radius 2 is 0.800 bits per heavy atom. The molecule has 0 fully saturated rings. The normalized spacial score (nSPS) is 4.80. The minimum atomic E-state index is -1.75. The molecule has 0 aromatic rings. The van der Waals surface area contributed by atoms with Crippen LogP contribution >= 0.6 is 0 Å². The van der Waals surface area contributed by atoms with Crippen molar-refractivity contribution in [3.8, 4) is 0 Å². The van der Waals surface area contributed by atoms with Crippen molar-refractivity contribution in [2.24, 2.45) is 0 Å². The van der Waals surface area contributed by atoms with Crippen molar-refractivity contribution >= 4 is 91.0 Å². The van der Waals surface area contributed by atoms with Gasteiger partial charge in [-0.2, -0.15) is 0 Å². The Labute approximate surface area is 132 Å². The molecule has 0 bridgehead atoms. The molecular formula is H2N2O6Sr2. The molecule has 0 atom stereocenters. The Morgan fingerprint density at radius 1 is 0.800 bits per heavy atom. The molecule has 0 rings (SSSR count). The van der Waals surface area contributed by atoms with Gasteiger partial charge >= 0.3 is 91.0 Å². The molecule has 0 N–H and O–H groups in total. The van der Waals surface area contributed by atoms with E-state index < -0.39 is 10.2 Å². The zero-order valence-corrected chi connectivity index (χ0v) is 11.7. The van der Waals surface area contributed by atoms with Crippen LogP contribution in [0.5, 0.6) is 0 Å². The minimum Gasteiger partial charge on any atom is -1.00 e. The number of hydrogen-bond donors (Lipinski definition) is 0. The molecule has 0 aromatic heterocycles. The maximum absolute atomic E-state index is 8.25. The minimum absolute atomic E-state index is 0. The van der Waals surface area contributed by atoms with E-state index in [4.69, 9.17) is 30.6 Å². The van der Waals surface area contributed by atoms with Gasteiger partial charge < -0.3 is 33.5 Å². The predicted octanol–water partition coefficient (Wildman–Crippen LogP) is -1.01. The van der Waals surface area contributed by atoms with Crippen LogP contribution in [0.4, 0.5) is 0 Å². The van der Waals surface area contributed by atoms with E-state index >= 15 is 0 Å². The molecular weight excluding hydrogens is 299 g/mol. The molecule has 0 heterocycles. The van der Waals surface area contributed by atoms with E-state index in [2.05, 4.69) is 0 Å². The Hall–Kier alpha value is 1.36. The van der Waals surface area contributed by atoms with Gasteiger partial charge in [0.1, 0.15) is 0 Å². The van der Waals surface area contributed by atoms with E-state index in [-0.39, 0.29) is 93.8 Å². The van der Waals surface area contributed by atoms with E-state index in [1.165, 1.54) is 0 Å². The summed E-state index contributed by atoms with van der Waals surface area (Å²) in [5.41, 5.74) is 0. The third-order valence-corrected chi connectivity index (χ3v) is 0. The fourth-order valence-electron chi connectivity index (χ4n) is 0. The summed E-state index contributed by atoms with van der Waals surface area (Å²) in [6, 6.07) is 0. The van der Waals surface area contributed by atoms with Gasteiger partial charge in [0.2, 0.25) is 0 Å². The summed E-state index contributed by atoms with van der Waals surface area (Å²) in [5.74, 6) is 0. The Kier molecular flexibility index (Phi) is 37.7. The molecule has 52 valence electrons. The molecule has 0 saturated heterocycles. The second-order valence-corrected chi connectivity index (χ2v) is 0.447. The van der Waals surface area contributed by atoms with Crippen molar-refractivity contribution in [3.05, 3.63) is 30.6 Å². The van der Waals surface area contributed by atoms with E-state index in [1.54, 1.807) is 0 Å². The van der Waals surface area contributed by atoms with Crippen LogP contribution in [-0.4, -0.2) is 101 Å². The van der Waals surface area contributed by atoms with Crippen molar-refractivity contribution in [3.63, 3.8) is 0 Å². The summed E-state index contributed by atoms with van der Waals surface area (Å²) in [7, 11) is 0. The monoisotopic (exact) mass is 302 g/mol. The van der Waals surface area contributed by atoms with Crippen LogP contribution in [0, 0.1) is 30.6 Å². The second kappa shape index (κ2) is 16.8. The fraction of sp³-hybridized carbons (Fsp3) is 0. The first kappa shape index (κ1) is 22.5. The van der Waals surface area contributed by atoms with Crippen LogP contribution < -0.4 is 0 Å². The van der Waals surface area contributed by atoms with Gasteiger partial charge in [-0.1, -0.05) is 0 Å². The average molecular weight is 301 g/mol. The largest absolute Gasteiger partial charge is 2.00 e. The molecule has 0 aliphatic rings. The Balaban J connectivity index is -0.0000000112. The zero-order valence-electron chi connectivity index (χ0n) is 6.76. The third kappa shape index (κ3) is 353.